The van der Waals surface area contributed by atoms with Crippen LogP contribution in [0.15, 0.2) is 34.7 Å². The van der Waals surface area contributed by atoms with Gasteiger partial charge in [-0.1, -0.05) is 11.6 Å². The van der Waals surface area contributed by atoms with Crippen LogP contribution in [0.2, 0.25) is 5.02 Å². The maximum absolute atomic E-state index is 12.2. The third-order valence-corrected chi connectivity index (χ3v) is 3.31. The number of nitrogens with one attached hydrogen (secondary N) is 1. The Morgan fingerprint density at radius 2 is 2.04 bits per heavy atom. The molecule has 0 aliphatic carbocycles. The highest BCUT2D eigenvalue weighted by atomic mass is 35.5. The van der Waals surface area contributed by atoms with Crippen LogP contribution in [0.25, 0.3) is 11.3 Å². The fraction of sp³-hybridized carbons (Fsp3) is 0.0769. The van der Waals surface area contributed by atoms with E-state index in [0.29, 0.717) is 11.3 Å². The van der Waals surface area contributed by atoms with Crippen LogP contribution in [-0.2, 0) is 14.4 Å². The Morgan fingerprint density at radius 1 is 1.38 bits per heavy atom. The number of aromatic hydroxyl groups is 1. The van der Waals surface area contributed by atoms with Crippen LogP contribution in [0.4, 0.5) is 0 Å². The molecule has 1 aromatic heterocycles. The number of nitrogens with two attached hydrogens (primary N) is 1. The predicted molar refractivity (Wildman–Crippen MR) is 84.8 cm³/mol. The molecule has 0 radical (unpaired) electrons. The van der Waals surface area contributed by atoms with Crippen molar-refractivity contribution < 1.29 is 27.0 Å². The van der Waals surface area contributed by atoms with Crippen molar-refractivity contribution in [1.82, 2.24) is 5.06 Å². The molecule has 4 N–H and O–H groups in total. The molecule has 0 bridgehead atoms. The number of carbonyl (C=O) groups is 1. The van der Waals surface area contributed by atoms with E-state index in [1.165, 1.54) is 30.3 Å². The molecular weight excluding hydrogens is 362 g/mol. The fourth-order valence-corrected chi connectivity index (χ4v) is 2.31. The Morgan fingerprint density at radius 3 is 2.62 bits per heavy atom. The smallest absolute Gasteiger partial charge is 0.321 e. The van der Waals surface area contributed by atoms with Crippen LogP contribution >= 0.6 is 11.6 Å². The van der Waals surface area contributed by atoms with E-state index >= 15 is 0 Å². The molecule has 0 spiro atoms. The number of rotatable bonds is 4. The monoisotopic (exact) mass is 373 g/mol. The minimum Gasteiger partial charge on any atom is -0.507 e. The van der Waals surface area contributed by atoms with Crippen molar-refractivity contribution in [2.24, 2.45) is 5.73 Å². The number of hydroxylamine groups is 2. The van der Waals surface area contributed by atoms with Gasteiger partial charge in [0.25, 0.3) is 10.1 Å². The highest BCUT2D eigenvalue weighted by Gasteiger charge is 2.27. The number of carbonyl (C=O) groups excluding carboxylic acids is 1. The minimum absolute atomic E-state index is 0.0653. The number of halogens is 1. The van der Waals surface area contributed by atoms with Crippen LogP contribution < -0.4 is 5.73 Å². The zero-order valence-corrected chi connectivity index (χ0v) is 13.8. The lowest BCUT2D eigenvalue weighted by molar-refractivity contribution is 0.0173. The normalized spacial score (nSPS) is 11.2. The first-order valence-electron chi connectivity index (χ1n) is 6.25. The summed E-state index contributed by atoms with van der Waals surface area (Å²) >= 11 is 5.84. The number of furan rings is 1. The first kappa shape index (κ1) is 17.8. The van der Waals surface area contributed by atoms with Gasteiger partial charge in [-0.05, 0) is 30.3 Å². The second-order valence-electron chi connectivity index (χ2n) is 4.59. The van der Waals surface area contributed by atoms with Gasteiger partial charge in [-0.15, -0.1) is 9.35 Å². The second-order valence-corrected chi connectivity index (χ2v) is 6.58. The average Bonchev–Trinajstić information content (AvgIpc) is 2.95. The number of phenols is 1. The highest BCUT2D eigenvalue weighted by molar-refractivity contribution is 7.85. The van der Waals surface area contributed by atoms with Crippen molar-refractivity contribution in [1.29, 1.82) is 5.41 Å². The maximum Gasteiger partial charge on any atom is 0.321 e. The summed E-state index contributed by atoms with van der Waals surface area (Å²) in [4.78, 5) is 12.2. The Balaban J connectivity index is 2.36. The molecule has 1 aromatic carbocycles. The van der Waals surface area contributed by atoms with Gasteiger partial charge in [0.2, 0.25) is 5.96 Å². The molecule has 128 valence electrons. The van der Waals surface area contributed by atoms with Gasteiger partial charge in [-0.3, -0.25) is 10.2 Å². The van der Waals surface area contributed by atoms with Crippen LogP contribution in [0.5, 0.6) is 5.75 Å². The molecule has 11 heteroatoms. The number of hydrogen-bond donors (Lipinski definition) is 3. The Labute approximate surface area is 141 Å². The first-order chi connectivity index (χ1) is 11.1. The number of amides is 1. The standard InChI is InChI=1S/C13H12ClN3O6S/c1-24(20,21)23-17(13(15)16)12(19)11-5-4-10(22-11)8-6-7(14)2-3-9(8)18/h2-6,18H,1H3,(H3,15,16). The molecule has 24 heavy (non-hydrogen) atoms. The first-order valence-corrected chi connectivity index (χ1v) is 8.44. The fourth-order valence-electron chi connectivity index (χ4n) is 1.72. The van der Waals surface area contributed by atoms with E-state index < -0.39 is 22.0 Å². The quantitative estimate of drug-likeness (QED) is 0.418. The summed E-state index contributed by atoms with van der Waals surface area (Å²) in [6, 6.07) is 6.79. The molecule has 0 saturated carbocycles. The molecule has 0 saturated heterocycles. The molecule has 1 amide bonds. The molecule has 0 fully saturated rings. The number of hydrogen-bond acceptors (Lipinski definition) is 7. The zero-order valence-electron chi connectivity index (χ0n) is 12.2. The number of benzene rings is 1. The van der Waals surface area contributed by atoms with Crippen molar-refractivity contribution in [3.05, 3.63) is 41.1 Å². The predicted octanol–water partition coefficient (Wildman–Crippen LogP) is 1.53. The van der Waals surface area contributed by atoms with Crippen LogP contribution in [-0.4, -0.2) is 36.7 Å². The second kappa shape index (κ2) is 6.51. The molecule has 2 aromatic rings. The third-order valence-electron chi connectivity index (χ3n) is 2.65. The summed E-state index contributed by atoms with van der Waals surface area (Å²) in [5, 5.41) is 17.4. The van der Waals surface area contributed by atoms with Gasteiger partial charge in [-0.2, -0.15) is 8.42 Å². The van der Waals surface area contributed by atoms with Crippen LogP contribution in [0, 0.1) is 5.41 Å². The summed E-state index contributed by atoms with van der Waals surface area (Å²) in [5.74, 6) is -2.46. The van der Waals surface area contributed by atoms with Crippen molar-refractivity contribution in [2.75, 3.05) is 6.26 Å². The maximum atomic E-state index is 12.2. The van der Waals surface area contributed by atoms with Gasteiger partial charge in [-0.25, -0.2) is 0 Å². The summed E-state index contributed by atoms with van der Waals surface area (Å²) < 4.78 is 31.9. The van der Waals surface area contributed by atoms with E-state index in [9.17, 15) is 18.3 Å². The molecule has 0 aliphatic rings. The average molecular weight is 374 g/mol. The summed E-state index contributed by atoms with van der Waals surface area (Å²) in [5.41, 5.74) is 5.37. The Hall–Kier alpha value is -2.56. The molecule has 0 aliphatic heterocycles. The molecule has 2 rings (SSSR count). The van der Waals surface area contributed by atoms with Gasteiger partial charge < -0.3 is 15.3 Å². The summed E-state index contributed by atoms with van der Waals surface area (Å²) in [7, 11) is -4.09. The SMILES string of the molecule is CS(=O)(=O)ON(C(=N)N)C(=O)c1ccc(-c2cc(Cl)ccc2O)o1. The summed E-state index contributed by atoms with van der Waals surface area (Å²) in [6.45, 7) is 0. The van der Waals surface area contributed by atoms with Crippen molar-refractivity contribution in [3.8, 4) is 17.1 Å². The molecule has 0 unspecified atom stereocenters. The van der Waals surface area contributed by atoms with E-state index in [2.05, 4.69) is 4.28 Å². The van der Waals surface area contributed by atoms with Gasteiger partial charge in [0.05, 0.1) is 11.8 Å². The lowest BCUT2D eigenvalue weighted by atomic mass is 10.1. The topological polar surface area (TPSA) is 147 Å². The van der Waals surface area contributed by atoms with E-state index in [-0.39, 0.29) is 27.9 Å². The lowest BCUT2D eigenvalue weighted by Gasteiger charge is -2.16. The van der Waals surface area contributed by atoms with Gasteiger partial charge in [0.15, 0.2) is 5.76 Å². The minimum atomic E-state index is -4.09. The molecular formula is C13H12ClN3O6S. The van der Waals surface area contributed by atoms with Gasteiger partial charge in [0, 0.05) is 5.02 Å². The summed E-state index contributed by atoms with van der Waals surface area (Å²) in [6.07, 6.45) is 0.688. The Kier molecular flexibility index (Phi) is 4.83. The molecule has 9 nitrogen and oxygen atoms in total. The highest BCUT2D eigenvalue weighted by Crippen LogP contribution is 2.33. The van der Waals surface area contributed by atoms with Gasteiger partial charge >= 0.3 is 5.91 Å². The van der Waals surface area contributed by atoms with E-state index in [4.69, 9.17) is 27.2 Å². The van der Waals surface area contributed by atoms with Crippen LogP contribution in [0.3, 0.4) is 0 Å². The van der Waals surface area contributed by atoms with Crippen molar-refractivity contribution in [2.45, 2.75) is 0 Å². The van der Waals surface area contributed by atoms with E-state index in [1.54, 1.807) is 0 Å². The third kappa shape index (κ3) is 4.04. The zero-order chi connectivity index (χ0) is 18.1. The van der Waals surface area contributed by atoms with Gasteiger partial charge in [0.1, 0.15) is 11.5 Å². The molecule has 1 heterocycles. The molecule has 0 atom stereocenters. The van der Waals surface area contributed by atoms with Crippen molar-refractivity contribution in [3.63, 3.8) is 0 Å². The van der Waals surface area contributed by atoms with Crippen molar-refractivity contribution >= 4 is 33.6 Å². The van der Waals surface area contributed by atoms with Crippen LogP contribution in [0.1, 0.15) is 10.6 Å². The number of guanidine groups is 1. The lowest BCUT2D eigenvalue weighted by Crippen LogP contribution is -2.42. The number of phenolic OH excluding ortho intramolecular Hbond substituents is 1. The van der Waals surface area contributed by atoms with E-state index in [1.807, 2.05) is 0 Å². The largest absolute Gasteiger partial charge is 0.507 e. The Bertz CT molecular complexity index is 908. The number of nitrogens with zero attached hydrogens (tertiary/aromatic N) is 1. The van der Waals surface area contributed by atoms with E-state index in [0.717, 1.165) is 0 Å².